The van der Waals surface area contributed by atoms with E-state index in [-0.39, 0.29) is 17.3 Å². The zero-order chi connectivity index (χ0) is 22.4. The van der Waals surface area contributed by atoms with Crippen molar-refractivity contribution in [1.29, 1.82) is 0 Å². The molecule has 0 aromatic heterocycles. The lowest BCUT2D eigenvalue weighted by Crippen LogP contribution is -2.45. The van der Waals surface area contributed by atoms with Gasteiger partial charge in [0.25, 0.3) is 0 Å². The summed E-state index contributed by atoms with van der Waals surface area (Å²) in [5.41, 5.74) is 0.944. The van der Waals surface area contributed by atoms with Crippen molar-refractivity contribution >= 4 is 15.9 Å². The molecule has 2 aromatic carbocycles. The van der Waals surface area contributed by atoms with Crippen molar-refractivity contribution in [2.45, 2.75) is 24.3 Å². The Labute approximate surface area is 183 Å². The van der Waals surface area contributed by atoms with Crippen LogP contribution in [0.1, 0.15) is 18.4 Å². The second-order valence-corrected chi connectivity index (χ2v) is 9.22. The van der Waals surface area contributed by atoms with Gasteiger partial charge in [-0.3, -0.25) is 4.79 Å². The molecule has 3 rings (SSSR count). The molecule has 8 nitrogen and oxygen atoms in total. The lowest BCUT2D eigenvalue weighted by molar-refractivity contribution is -0.126. The minimum atomic E-state index is -3.76. The molecule has 0 unspecified atom stereocenters. The number of benzene rings is 2. The Morgan fingerprint density at radius 3 is 2.39 bits per heavy atom. The molecule has 0 spiro atoms. The summed E-state index contributed by atoms with van der Waals surface area (Å²) >= 11 is 0. The Morgan fingerprint density at radius 2 is 1.74 bits per heavy atom. The van der Waals surface area contributed by atoms with Gasteiger partial charge < -0.3 is 19.5 Å². The number of methoxy groups -OCH3 is 3. The number of piperidine rings is 1. The smallest absolute Gasteiger partial charge is 0.243 e. The number of sulfonamides is 1. The SMILES string of the molecule is COc1ccc(CNC(=O)[C@H]2CCCN(S(=O)(=O)c3ccc(OC)c(OC)c3)C2)cc1. The summed E-state index contributed by atoms with van der Waals surface area (Å²) in [7, 11) is 0.790. The molecule has 1 atom stereocenters. The summed E-state index contributed by atoms with van der Waals surface area (Å²) in [6.45, 7) is 0.895. The van der Waals surface area contributed by atoms with Crippen molar-refractivity contribution in [2.75, 3.05) is 34.4 Å². The molecule has 168 valence electrons. The molecule has 1 amide bonds. The van der Waals surface area contributed by atoms with Crippen LogP contribution >= 0.6 is 0 Å². The average molecular weight is 449 g/mol. The third-order valence-electron chi connectivity index (χ3n) is 5.37. The first-order chi connectivity index (χ1) is 14.9. The van der Waals surface area contributed by atoms with Crippen LogP contribution in [0, 0.1) is 5.92 Å². The fourth-order valence-corrected chi connectivity index (χ4v) is 5.12. The Bertz CT molecular complexity index is 1010. The molecule has 1 N–H and O–H groups in total. The summed E-state index contributed by atoms with van der Waals surface area (Å²) in [6.07, 6.45) is 1.26. The Balaban J connectivity index is 1.66. The molecule has 0 aliphatic carbocycles. The first kappa shape index (κ1) is 22.9. The van der Waals surface area contributed by atoms with Gasteiger partial charge in [-0.05, 0) is 42.7 Å². The largest absolute Gasteiger partial charge is 0.497 e. The van der Waals surface area contributed by atoms with Crippen LogP contribution in [-0.2, 0) is 21.4 Å². The van der Waals surface area contributed by atoms with E-state index in [1.165, 1.54) is 30.7 Å². The van der Waals surface area contributed by atoms with E-state index in [2.05, 4.69) is 5.32 Å². The van der Waals surface area contributed by atoms with Gasteiger partial charge in [-0.15, -0.1) is 0 Å². The van der Waals surface area contributed by atoms with E-state index in [0.29, 0.717) is 37.4 Å². The van der Waals surface area contributed by atoms with E-state index in [4.69, 9.17) is 14.2 Å². The quantitative estimate of drug-likeness (QED) is 0.667. The zero-order valence-corrected chi connectivity index (χ0v) is 18.8. The van der Waals surface area contributed by atoms with Crippen LogP contribution < -0.4 is 19.5 Å². The fraction of sp³-hybridized carbons (Fsp3) is 0.409. The second kappa shape index (κ2) is 10.0. The molecule has 0 radical (unpaired) electrons. The highest BCUT2D eigenvalue weighted by molar-refractivity contribution is 7.89. The standard InChI is InChI=1S/C22H28N2O6S/c1-28-18-8-6-16(7-9-18)14-23-22(25)17-5-4-12-24(15-17)31(26,27)19-10-11-20(29-2)21(13-19)30-3/h6-11,13,17H,4-5,12,14-15H2,1-3H3,(H,23,25)/t17-/m0/s1. The van der Waals surface area contributed by atoms with Gasteiger partial charge in [-0.2, -0.15) is 4.31 Å². The van der Waals surface area contributed by atoms with Crippen LogP contribution in [0.5, 0.6) is 17.2 Å². The highest BCUT2D eigenvalue weighted by atomic mass is 32.2. The minimum Gasteiger partial charge on any atom is -0.497 e. The van der Waals surface area contributed by atoms with Crippen LogP contribution in [0.2, 0.25) is 0 Å². The Kier molecular flexibility index (Phi) is 7.40. The Morgan fingerprint density at radius 1 is 1.03 bits per heavy atom. The maximum absolute atomic E-state index is 13.1. The molecule has 1 fully saturated rings. The van der Waals surface area contributed by atoms with Gasteiger partial charge in [-0.1, -0.05) is 12.1 Å². The molecule has 1 heterocycles. The zero-order valence-electron chi connectivity index (χ0n) is 18.0. The number of ether oxygens (including phenoxy) is 3. The van der Waals surface area contributed by atoms with Crippen LogP contribution in [0.15, 0.2) is 47.4 Å². The monoisotopic (exact) mass is 448 g/mol. The van der Waals surface area contributed by atoms with Gasteiger partial charge in [0.2, 0.25) is 15.9 Å². The van der Waals surface area contributed by atoms with Crippen molar-refractivity contribution in [3.05, 3.63) is 48.0 Å². The molecule has 1 aliphatic heterocycles. The molecule has 1 aliphatic rings. The molecular formula is C22H28N2O6S. The third-order valence-corrected chi connectivity index (χ3v) is 7.23. The minimum absolute atomic E-state index is 0.115. The first-order valence-corrected chi connectivity index (χ1v) is 11.5. The highest BCUT2D eigenvalue weighted by Gasteiger charge is 2.33. The summed E-state index contributed by atoms with van der Waals surface area (Å²) in [6, 6.07) is 11.9. The van der Waals surface area contributed by atoms with Gasteiger partial charge in [0, 0.05) is 25.7 Å². The van der Waals surface area contributed by atoms with E-state index < -0.39 is 15.9 Å². The van der Waals surface area contributed by atoms with Gasteiger partial charge in [-0.25, -0.2) is 8.42 Å². The van der Waals surface area contributed by atoms with Crippen LogP contribution in [-0.4, -0.2) is 53.0 Å². The average Bonchev–Trinajstić information content (AvgIpc) is 2.82. The van der Waals surface area contributed by atoms with Crippen LogP contribution in [0.3, 0.4) is 0 Å². The van der Waals surface area contributed by atoms with Crippen molar-refractivity contribution in [3.8, 4) is 17.2 Å². The van der Waals surface area contributed by atoms with Gasteiger partial charge in [0.05, 0.1) is 32.1 Å². The number of carbonyl (C=O) groups excluding carboxylic acids is 1. The van der Waals surface area contributed by atoms with Crippen molar-refractivity contribution in [3.63, 3.8) is 0 Å². The normalized spacial score (nSPS) is 17.1. The number of nitrogens with one attached hydrogen (secondary N) is 1. The summed E-state index contributed by atoms with van der Waals surface area (Å²) in [4.78, 5) is 12.8. The number of hydrogen-bond acceptors (Lipinski definition) is 6. The molecule has 31 heavy (non-hydrogen) atoms. The number of nitrogens with zero attached hydrogens (tertiary/aromatic N) is 1. The first-order valence-electron chi connectivity index (χ1n) is 10.0. The van der Waals surface area contributed by atoms with E-state index in [0.717, 1.165) is 11.3 Å². The topological polar surface area (TPSA) is 94.2 Å². The molecule has 0 bridgehead atoms. The lowest BCUT2D eigenvalue weighted by atomic mass is 9.99. The predicted octanol–water partition coefficient (Wildman–Crippen LogP) is 2.43. The number of rotatable bonds is 8. The van der Waals surface area contributed by atoms with E-state index in [9.17, 15) is 13.2 Å². The predicted molar refractivity (Wildman–Crippen MR) is 116 cm³/mol. The fourth-order valence-electron chi connectivity index (χ4n) is 3.58. The van der Waals surface area contributed by atoms with Gasteiger partial charge >= 0.3 is 0 Å². The van der Waals surface area contributed by atoms with Crippen molar-refractivity contribution in [2.24, 2.45) is 5.92 Å². The van der Waals surface area contributed by atoms with Crippen LogP contribution in [0.4, 0.5) is 0 Å². The summed E-state index contributed by atoms with van der Waals surface area (Å²) < 4.78 is 43.2. The maximum Gasteiger partial charge on any atom is 0.243 e. The molecule has 2 aromatic rings. The summed E-state index contributed by atoms with van der Waals surface area (Å²) in [5.74, 6) is 0.994. The Hall–Kier alpha value is -2.78. The highest BCUT2D eigenvalue weighted by Crippen LogP contribution is 2.32. The van der Waals surface area contributed by atoms with E-state index in [1.807, 2.05) is 24.3 Å². The molecular weight excluding hydrogens is 420 g/mol. The van der Waals surface area contributed by atoms with Crippen molar-refractivity contribution in [1.82, 2.24) is 9.62 Å². The molecule has 0 saturated carbocycles. The number of amides is 1. The molecule has 9 heteroatoms. The van der Waals surface area contributed by atoms with Crippen molar-refractivity contribution < 1.29 is 27.4 Å². The van der Waals surface area contributed by atoms with E-state index in [1.54, 1.807) is 13.2 Å². The lowest BCUT2D eigenvalue weighted by Gasteiger charge is -2.31. The van der Waals surface area contributed by atoms with Gasteiger partial charge in [0.1, 0.15) is 5.75 Å². The third kappa shape index (κ3) is 5.29. The number of hydrogen-bond donors (Lipinski definition) is 1. The second-order valence-electron chi connectivity index (χ2n) is 7.28. The summed E-state index contributed by atoms with van der Waals surface area (Å²) in [5, 5.41) is 2.91. The maximum atomic E-state index is 13.1. The van der Waals surface area contributed by atoms with E-state index >= 15 is 0 Å². The number of carbonyl (C=O) groups is 1. The molecule has 1 saturated heterocycles. The van der Waals surface area contributed by atoms with Gasteiger partial charge in [0.15, 0.2) is 11.5 Å². The van der Waals surface area contributed by atoms with Crippen LogP contribution in [0.25, 0.3) is 0 Å².